The van der Waals surface area contributed by atoms with Crippen LogP contribution in [0.25, 0.3) is 0 Å². The quantitative estimate of drug-likeness (QED) is 0.0858. The van der Waals surface area contributed by atoms with Crippen LogP contribution in [0.3, 0.4) is 0 Å². The van der Waals surface area contributed by atoms with E-state index in [1.807, 2.05) is 0 Å². The Morgan fingerprint density at radius 1 is 0.611 bits per heavy atom. The monoisotopic (exact) mass is 511 g/mol. The number of carbonyl (C=O) groups excluding carboxylic acids is 2. The van der Waals surface area contributed by atoms with Crippen LogP contribution in [0.1, 0.15) is 162 Å². The third-order valence-corrected chi connectivity index (χ3v) is 6.78. The van der Waals surface area contributed by atoms with Crippen LogP contribution in [0.15, 0.2) is 0 Å². The molecule has 0 spiro atoms. The lowest BCUT2D eigenvalue weighted by Gasteiger charge is -2.18. The zero-order valence-corrected chi connectivity index (χ0v) is 23.6. The van der Waals surface area contributed by atoms with Crippen LogP contribution in [-0.2, 0) is 19.1 Å². The van der Waals surface area contributed by atoms with Gasteiger partial charge in [-0.15, -0.1) is 0 Å². The number of unbranched alkanes of at least 4 members (excludes halogenated alkanes) is 16. The normalized spacial score (nSPS) is 11.8. The molecule has 0 aliphatic heterocycles. The molecule has 0 aliphatic rings. The van der Waals surface area contributed by atoms with Gasteiger partial charge in [0, 0.05) is 12.8 Å². The number of carbonyl (C=O) groups is 3. The number of aliphatic carboxylic acids is 1. The summed E-state index contributed by atoms with van der Waals surface area (Å²) in [4.78, 5) is 34.4. The Kier molecular flexibility index (Phi) is 25.3. The molecular formula is C30H57NO5. The summed E-state index contributed by atoms with van der Waals surface area (Å²) in [7, 11) is 0. The van der Waals surface area contributed by atoms with Crippen molar-refractivity contribution in [2.24, 2.45) is 0 Å². The van der Waals surface area contributed by atoms with E-state index in [1.54, 1.807) is 0 Å². The molecule has 0 radical (unpaired) electrons. The largest absolute Gasteiger partial charge is 0.480 e. The molecule has 2 N–H and O–H groups in total. The van der Waals surface area contributed by atoms with Crippen molar-refractivity contribution >= 4 is 17.8 Å². The van der Waals surface area contributed by atoms with Gasteiger partial charge in [0.05, 0.1) is 0 Å². The van der Waals surface area contributed by atoms with Gasteiger partial charge in [-0.2, -0.15) is 0 Å². The molecule has 0 bridgehead atoms. The zero-order valence-electron chi connectivity index (χ0n) is 23.6. The Bertz CT molecular complexity index is 537. The van der Waals surface area contributed by atoms with Crippen molar-refractivity contribution in [1.82, 2.24) is 5.32 Å². The molecule has 0 saturated carbocycles. The van der Waals surface area contributed by atoms with Crippen LogP contribution < -0.4 is 5.32 Å². The lowest BCUT2D eigenvalue weighted by Crippen LogP contribution is -2.28. The van der Waals surface area contributed by atoms with Crippen LogP contribution >= 0.6 is 0 Å². The van der Waals surface area contributed by atoms with Gasteiger partial charge in [0.1, 0.15) is 12.6 Å². The van der Waals surface area contributed by atoms with E-state index in [0.29, 0.717) is 12.8 Å². The number of ether oxygens (including phenoxy) is 1. The minimum atomic E-state index is -1.03. The van der Waals surface area contributed by atoms with Gasteiger partial charge in [-0.3, -0.25) is 14.4 Å². The SMILES string of the molecule is CCCCCCCCCCCCCCCC(=O)OC(CCCCC)CCCCCC(=O)NCC(=O)O. The molecule has 1 unspecified atom stereocenters. The highest BCUT2D eigenvalue weighted by Gasteiger charge is 2.14. The Hall–Kier alpha value is -1.59. The molecule has 0 aromatic heterocycles. The molecule has 0 saturated heterocycles. The number of nitrogens with one attached hydrogen (secondary N) is 1. The van der Waals surface area contributed by atoms with Crippen LogP contribution in [0, 0.1) is 0 Å². The van der Waals surface area contributed by atoms with Crippen LogP contribution in [-0.4, -0.2) is 35.6 Å². The molecule has 212 valence electrons. The summed E-state index contributed by atoms with van der Waals surface area (Å²) >= 11 is 0. The lowest BCUT2D eigenvalue weighted by atomic mass is 10.0. The second-order valence-electron chi connectivity index (χ2n) is 10.4. The lowest BCUT2D eigenvalue weighted by molar-refractivity contribution is -0.150. The number of rotatable bonds is 27. The van der Waals surface area contributed by atoms with Crippen LogP contribution in [0.4, 0.5) is 0 Å². The third kappa shape index (κ3) is 25.5. The smallest absolute Gasteiger partial charge is 0.322 e. The summed E-state index contributed by atoms with van der Waals surface area (Å²) in [5.74, 6) is -1.31. The molecule has 1 atom stereocenters. The number of hydrogen-bond donors (Lipinski definition) is 2. The fourth-order valence-electron chi connectivity index (χ4n) is 4.51. The first-order chi connectivity index (χ1) is 17.5. The maximum absolute atomic E-state index is 12.4. The van der Waals surface area contributed by atoms with Gasteiger partial charge in [0.15, 0.2) is 0 Å². The van der Waals surface area contributed by atoms with Gasteiger partial charge in [0.2, 0.25) is 5.91 Å². The first-order valence-corrected chi connectivity index (χ1v) is 15.2. The Balaban J connectivity index is 3.84. The molecule has 0 rings (SSSR count). The van der Waals surface area contributed by atoms with Gasteiger partial charge in [-0.25, -0.2) is 0 Å². The fourth-order valence-corrected chi connectivity index (χ4v) is 4.51. The van der Waals surface area contributed by atoms with Crippen molar-refractivity contribution in [2.45, 2.75) is 168 Å². The average Bonchev–Trinajstić information content (AvgIpc) is 2.85. The number of carboxylic acid groups (broad SMARTS) is 1. The number of hydrogen-bond acceptors (Lipinski definition) is 4. The summed E-state index contributed by atoms with van der Waals surface area (Å²) in [6.07, 6.45) is 25.3. The van der Waals surface area contributed by atoms with Crippen LogP contribution in [0.5, 0.6) is 0 Å². The Labute approximate surface area is 221 Å². The highest BCUT2D eigenvalue weighted by molar-refractivity contribution is 5.80. The van der Waals surface area contributed by atoms with Gasteiger partial charge in [0.25, 0.3) is 0 Å². The second-order valence-corrected chi connectivity index (χ2v) is 10.4. The molecule has 0 aromatic rings. The molecule has 6 nitrogen and oxygen atoms in total. The van der Waals surface area contributed by atoms with Gasteiger partial charge in [-0.1, -0.05) is 110 Å². The molecule has 1 amide bonds. The highest BCUT2D eigenvalue weighted by Crippen LogP contribution is 2.17. The van der Waals surface area contributed by atoms with E-state index in [0.717, 1.165) is 64.2 Å². The van der Waals surface area contributed by atoms with E-state index in [2.05, 4.69) is 19.2 Å². The number of amides is 1. The minimum absolute atomic E-state index is 0.0214. The molecule has 6 heteroatoms. The van der Waals surface area contributed by atoms with E-state index in [1.165, 1.54) is 70.6 Å². The van der Waals surface area contributed by atoms with Crippen molar-refractivity contribution < 1.29 is 24.2 Å². The number of carboxylic acids is 1. The van der Waals surface area contributed by atoms with Crippen molar-refractivity contribution in [3.8, 4) is 0 Å². The van der Waals surface area contributed by atoms with E-state index >= 15 is 0 Å². The maximum atomic E-state index is 12.4. The topological polar surface area (TPSA) is 92.7 Å². The zero-order chi connectivity index (χ0) is 26.7. The van der Waals surface area contributed by atoms with Crippen LogP contribution in [0.2, 0.25) is 0 Å². The van der Waals surface area contributed by atoms with E-state index in [4.69, 9.17) is 9.84 Å². The average molecular weight is 512 g/mol. The predicted molar refractivity (Wildman–Crippen MR) is 148 cm³/mol. The molecular weight excluding hydrogens is 454 g/mol. The third-order valence-electron chi connectivity index (χ3n) is 6.78. The second kappa shape index (κ2) is 26.5. The fraction of sp³-hybridized carbons (Fsp3) is 0.900. The summed E-state index contributed by atoms with van der Waals surface area (Å²) in [6.45, 7) is 4.11. The predicted octanol–water partition coefficient (Wildman–Crippen LogP) is 8.11. The highest BCUT2D eigenvalue weighted by atomic mass is 16.5. The van der Waals surface area contributed by atoms with E-state index in [9.17, 15) is 14.4 Å². The number of esters is 1. The Morgan fingerprint density at radius 2 is 1.03 bits per heavy atom. The van der Waals surface area contributed by atoms with Crippen molar-refractivity contribution in [1.29, 1.82) is 0 Å². The minimum Gasteiger partial charge on any atom is -0.480 e. The summed E-state index contributed by atoms with van der Waals surface area (Å²) < 4.78 is 5.81. The molecule has 0 aromatic carbocycles. The first-order valence-electron chi connectivity index (χ1n) is 15.2. The molecule has 0 aliphatic carbocycles. The Morgan fingerprint density at radius 3 is 1.56 bits per heavy atom. The van der Waals surface area contributed by atoms with E-state index in [-0.39, 0.29) is 24.5 Å². The van der Waals surface area contributed by atoms with Gasteiger partial charge in [-0.05, 0) is 38.5 Å². The summed E-state index contributed by atoms with van der Waals surface area (Å²) in [6, 6.07) is 0. The van der Waals surface area contributed by atoms with Crippen molar-refractivity contribution in [2.75, 3.05) is 6.54 Å². The van der Waals surface area contributed by atoms with E-state index < -0.39 is 5.97 Å². The standard InChI is InChI=1S/C30H57NO5/c1-3-5-7-8-9-10-11-12-13-14-15-16-21-25-30(35)36-27(22-18-6-4-2)23-19-17-20-24-28(32)31-26-29(33)34/h27H,3-26H2,1-2H3,(H,31,32)(H,33,34). The molecule has 0 fully saturated rings. The molecule has 0 heterocycles. The molecule has 36 heavy (non-hydrogen) atoms. The maximum Gasteiger partial charge on any atom is 0.322 e. The van der Waals surface area contributed by atoms with Crippen molar-refractivity contribution in [3.05, 3.63) is 0 Å². The summed E-state index contributed by atoms with van der Waals surface area (Å²) in [5.41, 5.74) is 0. The van der Waals surface area contributed by atoms with Gasteiger partial charge < -0.3 is 15.2 Å². The first kappa shape index (κ1) is 34.4. The van der Waals surface area contributed by atoms with Gasteiger partial charge >= 0.3 is 11.9 Å². The summed E-state index contributed by atoms with van der Waals surface area (Å²) in [5, 5.41) is 11.0. The van der Waals surface area contributed by atoms with Crippen molar-refractivity contribution in [3.63, 3.8) is 0 Å².